The molecule has 0 radical (unpaired) electrons. The molecule has 0 spiro atoms. The first kappa shape index (κ1) is 14.5. The lowest BCUT2D eigenvalue weighted by atomic mass is 10.1. The predicted molar refractivity (Wildman–Crippen MR) is 97.3 cm³/mol. The van der Waals surface area contributed by atoms with Gasteiger partial charge >= 0.3 is 0 Å². The van der Waals surface area contributed by atoms with Crippen molar-refractivity contribution in [3.8, 4) is 10.4 Å². The Balaban J connectivity index is 1.64. The van der Waals surface area contributed by atoms with Crippen LogP contribution >= 0.6 is 11.3 Å². The second kappa shape index (κ2) is 5.82. The molecule has 4 aromatic rings. The highest BCUT2D eigenvalue weighted by atomic mass is 32.1. The van der Waals surface area contributed by atoms with Crippen LogP contribution in [0, 0.1) is 0 Å². The quantitative estimate of drug-likeness (QED) is 0.558. The number of amides is 1. The number of thiophene rings is 1. The van der Waals surface area contributed by atoms with E-state index in [2.05, 4.69) is 10.3 Å². The summed E-state index contributed by atoms with van der Waals surface area (Å²) in [4.78, 5) is 17.9. The van der Waals surface area contributed by atoms with Gasteiger partial charge in [-0.15, -0.1) is 11.3 Å². The molecule has 0 aliphatic heterocycles. The van der Waals surface area contributed by atoms with Crippen molar-refractivity contribution in [3.05, 3.63) is 72.0 Å². The van der Waals surface area contributed by atoms with Crippen LogP contribution in [0.4, 0.5) is 11.4 Å². The topological polar surface area (TPSA) is 72.4 Å². The van der Waals surface area contributed by atoms with E-state index in [1.165, 1.54) is 0 Å². The van der Waals surface area contributed by atoms with Crippen LogP contribution in [0.15, 0.2) is 66.3 Å². The van der Waals surface area contributed by atoms with Crippen LogP contribution in [0.2, 0.25) is 0 Å². The summed E-state index contributed by atoms with van der Waals surface area (Å²) in [6.07, 6.45) is 3.55. The molecule has 0 aliphatic carbocycles. The molecule has 24 heavy (non-hydrogen) atoms. The molecular formula is C18H14N4OS. The second-order valence-corrected chi connectivity index (χ2v) is 6.27. The third-order valence-corrected chi connectivity index (χ3v) is 4.62. The van der Waals surface area contributed by atoms with Crippen LogP contribution in [0.3, 0.4) is 0 Å². The Morgan fingerprint density at radius 1 is 1.17 bits per heavy atom. The van der Waals surface area contributed by atoms with Crippen molar-refractivity contribution in [2.24, 2.45) is 0 Å². The van der Waals surface area contributed by atoms with E-state index in [9.17, 15) is 4.79 Å². The Labute approximate surface area is 142 Å². The molecule has 0 fully saturated rings. The number of pyridine rings is 1. The van der Waals surface area contributed by atoms with E-state index in [0.29, 0.717) is 17.1 Å². The van der Waals surface area contributed by atoms with Gasteiger partial charge in [0.15, 0.2) is 0 Å². The largest absolute Gasteiger partial charge is 0.397 e. The maximum Gasteiger partial charge on any atom is 0.275 e. The number of nitrogens with one attached hydrogen (secondary N) is 1. The molecule has 0 aliphatic rings. The fourth-order valence-corrected chi connectivity index (χ4v) is 3.21. The van der Waals surface area contributed by atoms with Gasteiger partial charge in [-0.25, -0.2) is 4.98 Å². The number of hydrogen-bond donors (Lipinski definition) is 2. The fourth-order valence-electron chi connectivity index (χ4n) is 2.49. The smallest absolute Gasteiger partial charge is 0.275 e. The van der Waals surface area contributed by atoms with Crippen LogP contribution in [-0.4, -0.2) is 15.3 Å². The number of imidazole rings is 1. The molecule has 0 atom stereocenters. The summed E-state index contributed by atoms with van der Waals surface area (Å²) in [5, 5.41) is 4.87. The standard InChI is InChI=1S/C18H14N4OS/c19-13-7-6-12(16-4-3-9-24-16)10-14(13)21-18(23)15-11-22-8-2-1-5-17(22)20-15/h1-11H,19H2,(H,21,23). The molecule has 1 amide bonds. The fraction of sp³-hybridized carbons (Fsp3) is 0. The lowest BCUT2D eigenvalue weighted by Crippen LogP contribution is -2.13. The van der Waals surface area contributed by atoms with Crippen molar-refractivity contribution >= 4 is 34.3 Å². The zero-order valence-corrected chi connectivity index (χ0v) is 13.5. The molecule has 0 bridgehead atoms. The highest BCUT2D eigenvalue weighted by molar-refractivity contribution is 7.13. The molecule has 4 rings (SSSR count). The van der Waals surface area contributed by atoms with E-state index in [0.717, 1.165) is 16.1 Å². The molecule has 0 saturated heterocycles. The molecule has 6 heteroatoms. The van der Waals surface area contributed by atoms with E-state index in [1.54, 1.807) is 28.0 Å². The van der Waals surface area contributed by atoms with Gasteiger partial charge in [-0.3, -0.25) is 4.79 Å². The van der Waals surface area contributed by atoms with Gasteiger partial charge in [-0.05, 0) is 41.3 Å². The third kappa shape index (κ3) is 2.63. The van der Waals surface area contributed by atoms with Gasteiger partial charge in [-0.1, -0.05) is 18.2 Å². The van der Waals surface area contributed by atoms with Crippen LogP contribution in [0.25, 0.3) is 16.1 Å². The van der Waals surface area contributed by atoms with Crippen LogP contribution in [0.5, 0.6) is 0 Å². The summed E-state index contributed by atoms with van der Waals surface area (Å²) in [5.74, 6) is -0.284. The number of nitrogens with zero attached hydrogens (tertiary/aromatic N) is 2. The Hall–Kier alpha value is -3.12. The monoisotopic (exact) mass is 334 g/mol. The van der Waals surface area contributed by atoms with Gasteiger partial charge < -0.3 is 15.5 Å². The SMILES string of the molecule is Nc1ccc(-c2cccs2)cc1NC(=O)c1cn2ccccc2n1. The molecule has 0 unspecified atom stereocenters. The van der Waals surface area contributed by atoms with E-state index in [4.69, 9.17) is 5.73 Å². The number of nitrogen functional groups attached to an aromatic ring is 1. The average molecular weight is 334 g/mol. The van der Waals surface area contributed by atoms with E-state index in [-0.39, 0.29) is 5.91 Å². The van der Waals surface area contributed by atoms with Gasteiger partial charge in [-0.2, -0.15) is 0 Å². The Morgan fingerprint density at radius 3 is 2.88 bits per heavy atom. The number of carbonyl (C=O) groups is 1. The predicted octanol–water partition coefficient (Wildman–Crippen LogP) is 3.90. The lowest BCUT2D eigenvalue weighted by molar-refractivity contribution is 0.102. The number of nitrogens with two attached hydrogens (primary N) is 1. The zero-order valence-electron chi connectivity index (χ0n) is 12.6. The summed E-state index contributed by atoms with van der Waals surface area (Å²) < 4.78 is 1.81. The van der Waals surface area contributed by atoms with Crippen molar-refractivity contribution in [1.29, 1.82) is 0 Å². The molecule has 3 N–H and O–H groups in total. The number of fused-ring (bicyclic) bond motifs is 1. The summed E-state index contributed by atoms with van der Waals surface area (Å²) in [5.41, 5.74) is 9.21. The zero-order chi connectivity index (χ0) is 16.5. The summed E-state index contributed by atoms with van der Waals surface area (Å²) in [6, 6.07) is 15.3. The van der Waals surface area contributed by atoms with E-state index < -0.39 is 0 Å². The Morgan fingerprint density at radius 2 is 2.08 bits per heavy atom. The minimum atomic E-state index is -0.284. The van der Waals surface area contributed by atoms with Crippen molar-refractivity contribution in [2.45, 2.75) is 0 Å². The van der Waals surface area contributed by atoms with Crippen molar-refractivity contribution in [2.75, 3.05) is 11.1 Å². The molecule has 1 aromatic carbocycles. The minimum absolute atomic E-state index is 0.284. The number of benzene rings is 1. The molecule has 118 valence electrons. The van der Waals surface area contributed by atoms with Gasteiger partial charge in [0.25, 0.3) is 5.91 Å². The number of aromatic nitrogens is 2. The highest BCUT2D eigenvalue weighted by Gasteiger charge is 2.13. The number of anilines is 2. The van der Waals surface area contributed by atoms with Crippen molar-refractivity contribution in [1.82, 2.24) is 9.38 Å². The lowest BCUT2D eigenvalue weighted by Gasteiger charge is -2.09. The maximum absolute atomic E-state index is 12.5. The average Bonchev–Trinajstić information content (AvgIpc) is 3.26. The maximum atomic E-state index is 12.5. The van der Waals surface area contributed by atoms with Crippen LogP contribution in [0.1, 0.15) is 10.5 Å². The first-order valence-corrected chi connectivity index (χ1v) is 8.27. The second-order valence-electron chi connectivity index (χ2n) is 5.33. The van der Waals surface area contributed by atoms with E-state index in [1.807, 2.05) is 54.0 Å². The van der Waals surface area contributed by atoms with E-state index >= 15 is 0 Å². The van der Waals surface area contributed by atoms with Crippen molar-refractivity contribution in [3.63, 3.8) is 0 Å². The molecule has 0 saturated carbocycles. The van der Waals surface area contributed by atoms with Gasteiger partial charge in [0.05, 0.1) is 11.4 Å². The van der Waals surface area contributed by atoms with Gasteiger partial charge in [0.1, 0.15) is 11.3 Å². The number of rotatable bonds is 3. The first-order chi connectivity index (χ1) is 11.7. The number of carbonyl (C=O) groups excluding carboxylic acids is 1. The molecular weight excluding hydrogens is 320 g/mol. The normalized spacial score (nSPS) is 10.8. The number of hydrogen-bond acceptors (Lipinski definition) is 4. The molecule has 5 nitrogen and oxygen atoms in total. The molecule has 3 aromatic heterocycles. The summed E-state index contributed by atoms with van der Waals surface area (Å²) in [6.45, 7) is 0. The summed E-state index contributed by atoms with van der Waals surface area (Å²) in [7, 11) is 0. The van der Waals surface area contributed by atoms with Crippen molar-refractivity contribution < 1.29 is 4.79 Å². The Kier molecular flexibility index (Phi) is 3.51. The van der Waals surface area contributed by atoms with Crippen LogP contribution in [-0.2, 0) is 0 Å². The minimum Gasteiger partial charge on any atom is -0.397 e. The Bertz CT molecular complexity index is 988. The van der Waals surface area contributed by atoms with Gasteiger partial charge in [0.2, 0.25) is 0 Å². The molecule has 3 heterocycles. The van der Waals surface area contributed by atoms with Crippen LogP contribution < -0.4 is 11.1 Å². The third-order valence-electron chi connectivity index (χ3n) is 3.70. The first-order valence-electron chi connectivity index (χ1n) is 7.39. The highest BCUT2D eigenvalue weighted by Crippen LogP contribution is 2.30. The summed E-state index contributed by atoms with van der Waals surface area (Å²) >= 11 is 1.64. The van der Waals surface area contributed by atoms with Gasteiger partial charge in [0, 0.05) is 17.3 Å².